The Balaban J connectivity index is 3.33. The summed E-state index contributed by atoms with van der Waals surface area (Å²) in [6.07, 6.45) is -4.40. The maximum Gasteiger partial charge on any atom is 0.573 e. The van der Waals surface area contributed by atoms with Gasteiger partial charge in [-0.15, -0.1) is 13.2 Å². The number of H-pyrrole nitrogens is 1. The Kier molecular flexibility index (Phi) is 4.52. The molecule has 0 aliphatic heterocycles. The summed E-state index contributed by atoms with van der Waals surface area (Å²) in [6.45, 7) is -0.0749. The zero-order valence-corrected chi connectivity index (χ0v) is 9.64. The van der Waals surface area contributed by atoms with Gasteiger partial charge in [-0.1, -0.05) is 0 Å². The fraction of sp³-hybridized carbons (Fsp3) is 0.400. The van der Waals surface area contributed by atoms with Crippen molar-refractivity contribution >= 4 is 5.97 Å². The number of carbonyl (C=O) groups excluding carboxylic acids is 1. The first kappa shape index (κ1) is 15.0. The van der Waals surface area contributed by atoms with Crippen molar-refractivity contribution in [1.29, 1.82) is 0 Å². The summed E-state index contributed by atoms with van der Waals surface area (Å²) in [5, 5.41) is 0. The number of pyridine rings is 1. The van der Waals surface area contributed by atoms with E-state index in [0.29, 0.717) is 0 Å². The highest BCUT2D eigenvalue weighted by Crippen LogP contribution is 2.26. The first-order valence-corrected chi connectivity index (χ1v) is 5.03. The minimum absolute atomic E-state index is 0.0564. The number of halogens is 4. The van der Waals surface area contributed by atoms with Gasteiger partial charge in [-0.2, -0.15) is 0 Å². The Morgan fingerprint density at radius 1 is 1.42 bits per heavy atom. The van der Waals surface area contributed by atoms with E-state index in [-0.39, 0.29) is 6.61 Å². The first-order chi connectivity index (χ1) is 8.80. The molecular weight excluding hydrogens is 274 g/mol. The lowest BCUT2D eigenvalue weighted by molar-refractivity contribution is -0.275. The minimum Gasteiger partial charge on any atom is -0.462 e. The van der Waals surface area contributed by atoms with Gasteiger partial charge in [0, 0.05) is 11.8 Å². The molecule has 1 heterocycles. The molecule has 9 heteroatoms. The summed E-state index contributed by atoms with van der Waals surface area (Å²) in [5.41, 5.74) is -2.62. The Bertz CT molecular complexity index is 523. The fourth-order valence-corrected chi connectivity index (χ4v) is 1.30. The van der Waals surface area contributed by atoms with Gasteiger partial charge in [0.2, 0.25) is 5.75 Å². The second-order valence-corrected chi connectivity index (χ2v) is 3.24. The largest absolute Gasteiger partial charge is 0.573 e. The van der Waals surface area contributed by atoms with E-state index >= 15 is 0 Å². The molecule has 0 aliphatic rings. The van der Waals surface area contributed by atoms with Crippen LogP contribution in [0.2, 0.25) is 0 Å². The van der Waals surface area contributed by atoms with Crippen LogP contribution in [0.3, 0.4) is 0 Å². The van der Waals surface area contributed by atoms with Gasteiger partial charge in [-0.25, -0.2) is 9.18 Å². The van der Waals surface area contributed by atoms with Gasteiger partial charge in [0.15, 0.2) is 0 Å². The maximum atomic E-state index is 12.8. The number of ether oxygens (including phenoxy) is 2. The van der Waals surface area contributed by atoms with E-state index in [2.05, 4.69) is 9.47 Å². The van der Waals surface area contributed by atoms with Crippen molar-refractivity contribution in [1.82, 2.24) is 4.98 Å². The van der Waals surface area contributed by atoms with Crippen LogP contribution in [-0.4, -0.2) is 23.9 Å². The van der Waals surface area contributed by atoms with Crippen molar-refractivity contribution < 1.29 is 31.8 Å². The molecule has 0 saturated heterocycles. The Labute approximate surface area is 104 Å². The smallest absolute Gasteiger partial charge is 0.462 e. The lowest BCUT2D eigenvalue weighted by Gasteiger charge is -2.13. The van der Waals surface area contributed by atoms with E-state index in [4.69, 9.17) is 0 Å². The van der Waals surface area contributed by atoms with E-state index in [1.165, 1.54) is 6.92 Å². The molecular formula is C10H9F4NO4. The molecule has 19 heavy (non-hydrogen) atoms. The monoisotopic (exact) mass is 283 g/mol. The lowest BCUT2D eigenvalue weighted by Crippen LogP contribution is -2.25. The molecule has 1 N–H and O–H groups in total. The highest BCUT2D eigenvalue weighted by atomic mass is 19.4. The normalized spacial score (nSPS) is 11.2. The molecule has 0 bridgehead atoms. The standard InChI is InChI=1S/C10H9F4NO4/c1-2-18-9(17)6-4-15-8(16)7(5(6)3-11)19-10(12,13)14/h4H,2-3H2,1H3,(H,15,16). The van der Waals surface area contributed by atoms with E-state index < -0.39 is 41.4 Å². The van der Waals surface area contributed by atoms with Crippen LogP contribution >= 0.6 is 0 Å². The summed E-state index contributed by atoms with van der Waals surface area (Å²) in [4.78, 5) is 24.5. The van der Waals surface area contributed by atoms with Crippen molar-refractivity contribution in [2.24, 2.45) is 0 Å². The molecule has 0 amide bonds. The molecule has 106 valence electrons. The zero-order valence-electron chi connectivity index (χ0n) is 9.64. The van der Waals surface area contributed by atoms with Gasteiger partial charge in [-0.3, -0.25) is 4.79 Å². The zero-order chi connectivity index (χ0) is 14.6. The molecule has 1 aromatic heterocycles. The highest BCUT2D eigenvalue weighted by Gasteiger charge is 2.34. The number of hydrogen-bond donors (Lipinski definition) is 1. The number of esters is 1. The predicted octanol–water partition coefficient (Wildman–Crippen LogP) is 1.92. The van der Waals surface area contributed by atoms with Gasteiger partial charge in [-0.05, 0) is 6.92 Å². The average Bonchev–Trinajstić information content (AvgIpc) is 2.30. The van der Waals surface area contributed by atoms with Gasteiger partial charge >= 0.3 is 12.3 Å². The number of alkyl halides is 4. The molecule has 0 radical (unpaired) electrons. The second-order valence-electron chi connectivity index (χ2n) is 3.24. The van der Waals surface area contributed by atoms with Crippen molar-refractivity contribution in [2.45, 2.75) is 20.0 Å². The summed E-state index contributed by atoms with van der Waals surface area (Å²) < 4.78 is 57.1. The third-order valence-electron chi connectivity index (χ3n) is 2.00. The van der Waals surface area contributed by atoms with Crippen molar-refractivity contribution in [2.75, 3.05) is 6.61 Å². The summed E-state index contributed by atoms with van der Waals surface area (Å²) in [7, 11) is 0. The molecule has 0 aliphatic carbocycles. The van der Waals surface area contributed by atoms with Crippen LogP contribution in [0.1, 0.15) is 22.8 Å². The van der Waals surface area contributed by atoms with E-state index in [1.54, 1.807) is 0 Å². The van der Waals surface area contributed by atoms with Crippen LogP contribution in [0.5, 0.6) is 5.75 Å². The maximum absolute atomic E-state index is 12.8. The van der Waals surface area contributed by atoms with Gasteiger partial charge in [0.25, 0.3) is 5.56 Å². The summed E-state index contributed by atoms with van der Waals surface area (Å²) in [5.74, 6) is -2.36. The topological polar surface area (TPSA) is 68.4 Å². The SMILES string of the molecule is CCOC(=O)c1c[nH]c(=O)c(OC(F)(F)F)c1CF. The number of aromatic amines is 1. The van der Waals surface area contributed by atoms with E-state index in [0.717, 1.165) is 6.20 Å². The number of hydrogen-bond acceptors (Lipinski definition) is 4. The van der Waals surface area contributed by atoms with E-state index in [9.17, 15) is 27.2 Å². The Morgan fingerprint density at radius 2 is 2.05 bits per heavy atom. The van der Waals surface area contributed by atoms with Gasteiger partial charge in [0.05, 0.1) is 12.2 Å². The number of aromatic nitrogens is 1. The minimum atomic E-state index is -5.18. The van der Waals surface area contributed by atoms with Crippen LogP contribution in [0, 0.1) is 0 Å². The molecule has 0 saturated carbocycles. The summed E-state index contributed by atoms with van der Waals surface area (Å²) in [6, 6.07) is 0. The van der Waals surface area contributed by atoms with Crippen molar-refractivity contribution in [3.8, 4) is 5.75 Å². The Morgan fingerprint density at radius 3 is 2.53 bits per heavy atom. The van der Waals surface area contributed by atoms with Gasteiger partial charge in [0.1, 0.15) is 6.67 Å². The molecule has 1 aromatic rings. The van der Waals surface area contributed by atoms with Crippen LogP contribution < -0.4 is 10.3 Å². The molecule has 5 nitrogen and oxygen atoms in total. The quantitative estimate of drug-likeness (QED) is 0.677. The van der Waals surface area contributed by atoms with Crippen LogP contribution in [0.4, 0.5) is 17.6 Å². The van der Waals surface area contributed by atoms with Crippen molar-refractivity contribution in [3.63, 3.8) is 0 Å². The summed E-state index contributed by atoms with van der Waals surface area (Å²) >= 11 is 0. The third-order valence-corrected chi connectivity index (χ3v) is 2.00. The molecule has 0 atom stereocenters. The Hall–Kier alpha value is -2.06. The predicted molar refractivity (Wildman–Crippen MR) is 54.5 cm³/mol. The fourth-order valence-electron chi connectivity index (χ4n) is 1.30. The number of rotatable bonds is 4. The molecule has 0 fully saturated rings. The average molecular weight is 283 g/mol. The van der Waals surface area contributed by atoms with Crippen LogP contribution in [0.25, 0.3) is 0 Å². The second kappa shape index (κ2) is 5.72. The molecule has 1 rings (SSSR count). The number of nitrogens with one attached hydrogen (secondary N) is 1. The molecule has 0 unspecified atom stereocenters. The number of carbonyl (C=O) groups is 1. The molecule has 0 aromatic carbocycles. The van der Waals surface area contributed by atoms with E-state index in [1.807, 2.05) is 4.98 Å². The van der Waals surface area contributed by atoms with Crippen LogP contribution in [-0.2, 0) is 11.4 Å². The highest BCUT2D eigenvalue weighted by molar-refractivity contribution is 5.91. The first-order valence-electron chi connectivity index (χ1n) is 5.03. The third kappa shape index (κ3) is 3.70. The lowest BCUT2D eigenvalue weighted by atomic mass is 10.1. The molecule has 0 spiro atoms. The van der Waals surface area contributed by atoms with Gasteiger partial charge < -0.3 is 14.5 Å². The van der Waals surface area contributed by atoms with Crippen molar-refractivity contribution in [3.05, 3.63) is 27.7 Å². The van der Waals surface area contributed by atoms with Crippen LogP contribution in [0.15, 0.2) is 11.0 Å².